The Morgan fingerprint density at radius 2 is 2.00 bits per heavy atom. The first-order chi connectivity index (χ1) is 5.47. The number of fused-ring (bicyclic) bond motifs is 1. The number of nitrogens with one attached hydrogen (secondary N) is 1. The highest BCUT2D eigenvalue weighted by Crippen LogP contribution is 2.26. The van der Waals surface area contributed by atoms with Gasteiger partial charge in [-0.3, -0.25) is 4.70 Å². The van der Waals surface area contributed by atoms with E-state index in [4.69, 9.17) is 0 Å². The summed E-state index contributed by atoms with van der Waals surface area (Å²) in [6.07, 6.45) is 7.43. The normalized spacial score (nSPS) is 31.2. The molecule has 1 N–H and O–H groups in total. The Bertz CT molecular complexity index is 134. The van der Waals surface area contributed by atoms with Gasteiger partial charge in [0.05, 0.1) is 0 Å². The zero-order valence-corrected chi connectivity index (χ0v) is 8.05. The van der Waals surface area contributed by atoms with E-state index in [0.29, 0.717) is 0 Å². The number of allylic oxidation sites excluding steroid dienone is 1. The fourth-order valence-electron chi connectivity index (χ4n) is 1.88. The summed E-state index contributed by atoms with van der Waals surface area (Å²) in [5, 5.41) is 3.41. The number of rotatable bonds is 0. The van der Waals surface area contributed by atoms with Crippen molar-refractivity contribution in [3.05, 3.63) is 12.2 Å². The Kier molecular flexibility index (Phi) is 5.99. The van der Waals surface area contributed by atoms with E-state index in [9.17, 15) is 0 Å². The predicted octanol–water partition coefficient (Wildman–Crippen LogP) is 2.35. The molecule has 1 saturated heterocycles. The molecule has 1 aliphatic heterocycles. The van der Waals surface area contributed by atoms with Crippen LogP contribution in [0, 0.1) is 11.8 Å². The summed E-state index contributed by atoms with van der Waals surface area (Å²) in [5.74, 6) is 1.84. The van der Waals surface area contributed by atoms with Gasteiger partial charge in [0, 0.05) is 6.54 Å². The third kappa shape index (κ3) is 2.59. The molecule has 0 radical (unpaired) electrons. The van der Waals surface area contributed by atoms with Crippen LogP contribution >= 0.6 is 0 Å². The van der Waals surface area contributed by atoms with Gasteiger partial charge in [0.1, 0.15) is 0 Å². The van der Waals surface area contributed by atoms with E-state index in [0.717, 1.165) is 11.8 Å². The lowest BCUT2D eigenvalue weighted by molar-refractivity contribution is 0.442. The van der Waals surface area contributed by atoms with Crippen molar-refractivity contribution in [1.29, 1.82) is 0 Å². The van der Waals surface area contributed by atoms with Crippen LogP contribution in [0.1, 0.15) is 26.7 Å². The van der Waals surface area contributed by atoms with Gasteiger partial charge in [-0.15, -0.1) is 0 Å². The molecule has 2 unspecified atom stereocenters. The minimum atomic E-state index is 0. The molecule has 0 bridgehead atoms. The Balaban J connectivity index is 0.000000378. The van der Waals surface area contributed by atoms with E-state index in [1.807, 2.05) is 13.8 Å². The summed E-state index contributed by atoms with van der Waals surface area (Å²) < 4.78 is 0. The average Bonchev–Trinajstić information content (AvgIpc) is 2.55. The van der Waals surface area contributed by atoms with Gasteiger partial charge in [0.25, 0.3) is 0 Å². The summed E-state index contributed by atoms with van der Waals surface area (Å²) in [7, 11) is 0. The van der Waals surface area contributed by atoms with Crippen molar-refractivity contribution < 1.29 is 4.70 Å². The highest BCUT2D eigenvalue weighted by atomic mass is 19.0. The van der Waals surface area contributed by atoms with Gasteiger partial charge < -0.3 is 5.32 Å². The summed E-state index contributed by atoms with van der Waals surface area (Å²) in [6.45, 7) is 6.48. The Labute approximate surface area is 74.6 Å². The van der Waals surface area contributed by atoms with Crippen LogP contribution in [-0.4, -0.2) is 13.1 Å². The van der Waals surface area contributed by atoms with Crippen LogP contribution < -0.4 is 5.32 Å². The molecule has 2 atom stereocenters. The highest BCUT2D eigenvalue weighted by Gasteiger charge is 2.25. The molecule has 0 aromatic rings. The maximum absolute atomic E-state index is 3.41. The van der Waals surface area contributed by atoms with Gasteiger partial charge in [-0.05, 0) is 31.2 Å². The molecular weight excluding hydrogens is 153 g/mol. The number of hydrogen-bond donors (Lipinski definition) is 1. The van der Waals surface area contributed by atoms with Crippen LogP contribution in [0.3, 0.4) is 0 Å². The van der Waals surface area contributed by atoms with Crippen LogP contribution in [0.4, 0.5) is 4.70 Å². The smallest absolute Gasteiger partial charge is 0.00174 e. The molecular formula is C10H20FN. The zero-order valence-electron chi connectivity index (χ0n) is 8.05. The van der Waals surface area contributed by atoms with Gasteiger partial charge >= 0.3 is 0 Å². The first kappa shape index (κ1) is 11.6. The van der Waals surface area contributed by atoms with Crippen LogP contribution in [0.25, 0.3) is 0 Å². The Hall–Kier alpha value is -0.370. The predicted molar refractivity (Wildman–Crippen MR) is 52.1 cm³/mol. The summed E-state index contributed by atoms with van der Waals surface area (Å²) in [6, 6.07) is 0. The van der Waals surface area contributed by atoms with Crippen molar-refractivity contribution in [2.24, 2.45) is 11.8 Å². The van der Waals surface area contributed by atoms with E-state index in [2.05, 4.69) is 17.5 Å². The molecule has 0 aromatic carbocycles. The lowest BCUT2D eigenvalue weighted by atomic mass is 9.87. The van der Waals surface area contributed by atoms with Gasteiger partial charge in [0.15, 0.2) is 0 Å². The monoisotopic (exact) mass is 173 g/mol. The molecule has 0 aromatic heterocycles. The van der Waals surface area contributed by atoms with Crippen molar-refractivity contribution in [2.45, 2.75) is 26.7 Å². The third-order valence-electron chi connectivity index (χ3n) is 2.48. The van der Waals surface area contributed by atoms with E-state index < -0.39 is 0 Å². The van der Waals surface area contributed by atoms with Crippen molar-refractivity contribution in [1.82, 2.24) is 5.32 Å². The Morgan fingerprint density at radius 3 is 2.67 bits per heavy atom. The first-order valence-corrected chi connectivity index (χ1v) is 4.84. The van der Waals surface area contributed by atoms with Gasteiger partial charge in [-0.25, -0.2) is 0 Å². The molecule has 1 nitrogen and oxygen atoms in total. The van der Waals surface area contributed by atoms with E-state index in [1.165, 1.54) is 25.9 Å². The van der Waals surface area contributed by atoms with Crippen LogP contribution in [0.15, 0.2) is 12.2 Å². The second-order valence-corrected chi connectivity index (χ2v) is 3.09. The number of halogens is 1. The van der Waals surface area contributed by atoms with Crippen LogP contribution in [0.5, 0.6) is 0 Å². The van der Waals surface area contributed by atoms with Crippen molar-refractivity contribution in [2.75, 3.05) is 13.1 Å². The van der Waals surface area contributed by atoms with Crippen molar-refractivity contribution in [3.63, 3.8) is 0 Å². The van der Waals surface area contributed by atoms with Crippen LogP contribution in [0.2, 0.25) is 0 Å². The number of hydrogen-bond acceptors (Lipinski definition) is 1. The maximum atomic E-state index is 3.41. The summed E-state index contributed by atoms with van der Waals surface area (Å²) in [5.41, 5.74) is 0. The van der Waals surface area contributed by atoms with Crippen LogP contribution in [-0.2, 0) is 0 Å². The quantitative estimate of drug-likeness (QED) is 0.554. The highest BCUT2D eigenvalue weighted by molar-refractivity contribution is 5.01. The van der Waals surface area contributed by atoms with Gasteiger partial charge in [-0.1, -0.05) is 26.0 Å². The third-order valence-corrected chi connectivity index (χ3v) is 2.48. The fourth-order valence-corrected chi connectivity index (χ4v) is 1.88. The first-order valence-electron chi connectivity index (χ1n) is 4.84. The largest absolute Gasteiger partial charge is 0.316 e. The van der Waals surface area contributed by atoms with Gasteiger partial charge in [0.2, 0.25) is 0 Å². The zero-order chi connectivity index (χ0) is 8.10. The van der Waals surface area contributed by atoms with Gasteiger partial charge in [-0.2, -0.15) is 0 Å². The van der Waals surface area contributed by atoms with E-state index in [-0.39, 0.29) is 4.70 Å². The molecule has 2 rings (SSSR count). The molecule has 1 heterocycles. The molecule has 72 valence electrons. The molecule has 12 heavy (non-hydrogen) atoms. The fraction of sp³-hybridized carbons (Fsp3) is 0.800. The summed E-state index contributed by atoms with van der Waals surface area (Å²) >= 11 is 0. The van der Waals surface area contributed by atoms with Crippen molar-refractivity contribution >= 4 is 0 Å². The molecule has 0 amide bonds. The minimum Gasteiger partial charge on any atom is -0.316 e. The Morgan fingerprint density at radius 1 is 1.25 bits per heavy atom. The minimum absolute atomic E-state index is 0. The summed E-state index contributed by atoms with van der Waals surface area (Å²) in [4.78, 5) is 0. The second-order valence-electron chi connectivity index (χ2n) is 3.09. The topological polar surface area (TPSA) is 12.0 Å². The second kappa shape index (κ2) is 6.18. The molecule has 1 aliphatic carbocycles. The lowest BCUT2D eigenvalue weighted by Crippen LogP contribution is -2.12. The average molecular weight is 173 g/mol. The molecule has 0 spiro atoms. The molecule has 0 saturated carbocycles. The van der Waals surface area contributed by atoms with E-state index >= 15 is 0 Å². The maximum Gasteiger partial charge on any atom is 0.00174 e. The SMILES string of the molecule is C1=CC2CNCC2CC1.CC.F. The standard InChI is InChI=1S/C8H13N.C2H6.FH/c1-2-4-8-6-9-5-7(8)3-1;1-2;/h1,3,7-9H,2,4-6H2;1-2H3;1H. The molecule has 2 heteroatoms. The van der Waals surface area contributed by atoms with Crippen molar-refractivity contribution in [3.8, 4) is 0 Å². The molecule has 1 fully saturated rings. The molecule has 2 aliphatic rings. The van der Waals surface area contributed by atoms with E-state index in [1.54, 1.807) is 0 Å². The lowest BCUT2D eigenvalue weighted by Gasteiger charge is -2.17.